The van der Waals surface area contributed by atoms with Gasteiger partial charge in [0, 0.05) is 32.1 Å². The van der Waals surface area contributed by atoms with Crippen molar-refractivity contribution < 1.29 is 19.4 Å². The molecule has 2 aromatic rings. The van der Waals surface area contributed by atoms with Crippen LogP contribution in [0.4, 0.5) is 10.6 Å². The van der Waals surface area contributed by atoms with Crippen LogP contribution in [0.5, 0.6) is 0 Å². The van der Waals surface area contributed by atoms with Crippen molar-refractivity contribution in [1.29, 1.82) is 0 Å². The lowest BCUT2D eigenvalue weighted by atomic mass is 9.82. The van der Waals surface area contributed by atoms with Crippen LogP contribution in [0.1, 0.15) is 29.9 Å². The van der Waals surface area contributed by atoms with Gasteiger partial charge in [-0.3, -0.25) is 20.2 Å². The molecule has 2 fully saturated rings. The molecule has 4 N–H and O–H groups in total. The topological polar surface area (TPSA) is 110 Å². The van der Waals surface area contributed by atoms with Gasteiger partial charge in [-0.25, -0.2) is 9.78 Å². The number of pyridine rings is 1. The maximum atomic E-state index is 13.3. The molecule has 162 valence electrons. The zero-order valence-corrected chi connectivity index (χ0v) is 17.6. The third-order valence-electron chi connectivity index (χ3n) is 6.24. The molecule has 31 heavy (non-hydrogen) atoms. The first-order chi connectivity index (χ1) is 15.0. The van der Waals surface area contributed by atoms with E-state index < -0.39 is 12.0 Å². The highest BCUT2D eigenvalue weighted by molar-refractivity contribution is 6.09. The largest absolute Gasteiger partial charge is 0.357 e. The van der Waals surface area contributed by atoms with Gasteiger partial charge in [0.25, 0.3) is 5.82 Å². The van der Waals surface area contributed by atoms with E-state index in [1.54, 1.807) is 17.2 Å². The molecule has 0 saturated carbocycles. The van der Waals surface area contributed by atoms with Gasteiger partial charge in [0.1, 0.15) is 6.04 Å². The molecule has 0 aliphatic carbocycles. The number of H-pyrrole nitrogens is 1. The second kappa shape index (κ2) is 8.75. The Kier molecular flexibility index (Phi) is 5.88. The standard InChI is InChI=1S/C23H27N5O3/c1-25-21(29)20-18(12-15-9-10-26-19(24)13-15)22(30)28(20)23(31)27-11-5-8-17(14-27)16-6-3-2-4-7-16/h2-4,6-7,9-10,13,17-18,20H,5,8,11-12,14H2,1H3,(H2,24,26)(H,25,29)/p+1. The molecular weight excluding hydrogens is 394 g/mol. The number of aromatic nitrogens is 1. The molecule has 4 amide bonds. The van der Waals surface area contributed by atoms with E-state index in [-0.39, 0.29) is 23.8 Å². The Labute approximate surface area is 181 Å². The number of amides is 4. The predicted octanol–water partition coefficient (Wildman–Crippen LogP) is 1.20. The summed E-state index contributed by atoms with van der Waals surface area (Å²) < 4.78 is 0. The Bertz CT molecular complexity index is 980. The number of aromatic amines is 1. The van der Waals surface area contributed by atoms with Crippen molar-refractivity contribution in [3.8, 4) is 0 Å². The maximum Gasteiger partial charge on any atom is 0.327 e. The number of likely N-dealkylation sites (tertiary alicyclic amines) is 2. The molecule has 3 atom stereocenters. The Morgan fingerprint density at radius 3 is 2.71 bits per heavy atom. The Hall–Kier alpha value is -3.42. The Balaban J connectivity index is 1.50. The van der Waals surface area contributed by atoms with Gasteiger partial charge in [0.15, 0.2) is 0 Å². The van der Waals surface area contributed by atoms with Crippen molar-refractivity contribution in [3.63, 3.8) is 0 Å². The molecule has 2 aliphatic rings. The van der Waals surface area contributed by atoms with Crippen LogP contribution in [0.25, 0.3) is 0 Å². The first-order valence-corrected chi connectivity index (χ1v) is 10.6. The molecule has 0 spiro atoms. The lowest BCUT2D eigenvalue weighted by Crippen LogP contribution is -2.70. The van der Waals surface area contributed by atoms with Gasteiger partial charge in [-0.2, -0.15) is 0 Å². The number of hydrogen-bond acceptors (Lipinski definition) is 4. The summed E-state index contributed by atoms with van der Waals surface area (Å²) in [6.07, 6.45) is 3.91. The number of imide groups is 1. The maximum absolute atomic E-state index is 13.3. The molecule has 8 heteroatoms. The fraction of sp³-hybridized carbons (Fsp3) is 0.391. The summed E-state index contributed by atoms with van der Waals surface area (Å²) in [6, 6.07) is 12.5. The molecule has 2 saturated heterocycles. The number of nitrogens with one attached hydrogen (secondary N) is 2. The number of benzene rings is 1. The third kappa shape index (κ3) is 4.10. The van der Waals surface area contributed by atoms with Crippen LogP contribution in [0, 0.1) is 5.92 Å². The van der Waals surface area contributed by atoms with E-state index in [0.29, 0.717) is 25.3 Å². The Morgan fingerprint density at radius 1 is 1.23 bits per heavy atom. The summed E-state index contributed by atoms with van der Waals surface area (Å²) in [5.41, 5.74) is 7.83. The lowest BCUT2D eigenvalue weighted by molar-refractivity contribution is -0.360. The van der Waals surface area contributed by atoms with Gasteiger partial charge in [0.05, 0.1) is 12.1 Å². The van der Waals surface area contributed by atoms with E-state index in [9.17, 15) is 14.4 Å². The molecule has 8 nitrogen and oxygen atoms in total. The molecule has 3 unspecified atom stereocenters. The van der Waals surface area contributed by atoms with Crippen molar-refractivity contribution in [2.24, 2.45) is 5.92 Å². The quantitative estimate of drug-likeness (QED) is 0.722. The highest BCUT2D eigenvalue weighted by atomic mass is 16.2. The van der Waals surface area contributed by atoms with Gasteiger partial charge < -0.3 is 10.2 Å². The molecule has 1 aromatic carbocycles. The number of hydrogen-bond donors (Lipinski definition) is 2. The minimum absolute atomic E-state index is 0.230. The molecule has 0 radical (unpaired) electrons. The van der Waals surface area contributed by atoms with Crippen molar-refractivity contribution in [1.82, 2.24) is 15.1 Å². The van der Waals surface area contributed by atoms with Gasteiger partial charge in [-0.15, -0.1) is 0 Å². The van der Waals surface area contributed by atoms with E-state index in [2.05, 4.69) is 22.4 Å². The fourth-order valence-corrected chi connectivity index (χ4v) is 4.62. The van der Waals surface area contributed by atoms with Crippen LogP contribution in [-0.2, 0) is 16.0 Å². The minimum Gasteiger partial charge on any atom is -0.357 e. The number of nitrogen functional groups attached to an aromatic ring is 1. The van der Waals surface area contributed by atoms with Crippen molar-refractivity contribution in [2.75, 3.05) is 25.9 Å². The van der Waals surface area contributed by atoms with Crippen molar-refractivity contribution >= 4 is 23.7 Å². The summed E-state index contributed by atoms with van der Waals surface area (Å²) in [5.74, 6) is -0.515. The fourth-order valence-electron chi connectivity index (χ4n) is 4.62. The first-order valence-electron chi connectivity index (χ1n) is 10.6. The highest BCUT2D eigenvalue weighted by Gasteiger charge is 2.55. The average Bonchev–Trinajstić information content (AvgIpc) is 2.80. The number of urea groups is 1. The van der Waals surface area contributed by atoms with Crippen LogP contribution in [0.3, 0.4) is 0 Å². The van der Waals surface area contributed by atoms with E-state index in [1.165, 1.54) is 12.6 Å². The van der Waals surface area contributed by atoms with Crippen LogP contribution in [-0.4, -0.2) is 53.8 Å². The summed E-state index contributed by atoms with van der Waals surface area (Å²) >= 11 is 0. The monoisotopic (exact) mass is 422 g/mol. The zero-order valence-electron chi connectivity index (χ0n) is 17.6. The number of likely N-dealkylation sites (N-methyl/N-ethyl adjacent to an activating group) is 1. The third-order valence-corrected chi connectivity index (χ3v) is 6.24. The van der Waals surface area contributed by atoms with E-state index >= 15 is 0 Å². The summed E-state index contributed by atoms with van der Waals surface area (Å²) in [5, 5.41) is 2.60. The second-order valence-electron chi connectivity index (χ2n) is 8.21. The van der Waals surface area contributed by atoms with Crippen molar-refractivity contribution in [2.45, 2.75) is 31.2 Å². The number of piperidine rings is 1. The molecule has 4 rings (SSSR count). The molecular formula is C23H28N5O3+. The second-order valence-corrected chi connectivity index (χ2v) is 8.21. The summed E-state index contributed by atoms with van der Waals surface area (Å²) in [4.78, 5) is 44.5. The van der Waals surface area contributed by atoms with Gasteiger partial charge in [0.2, 0.25) is 11.8 Å². The van der Waals surface area contributed by atoms with Crippen LogP contribution in [0.15, 0.2) is 48.7 Å². The number of nitrogens with two attached hydrogens (primary N) is 1. The van der Waals surface area contributed by atoms with E-state index in [1.807, 2.05) is 24.3 Å². The minimum atomic E-state index is -0.812. The summed E-state index contributed by atoms with van der Waals surface area (Å²) in [6.45, 7) is 1.13. The zero-order chi connectivity index (χ0) is 22.0. The van der Waals surface area contributed by atoms with Crippen LogP contribution < -0.4 is 16.0 Å². The van der Waals surface area contributed by atoms with Gasteiger partial charge >= 0.3 is 6.03 Å². The van der Waals surface area contributed by atoms with Crippen molar-refractivity contribution in [3.05, 3.63) is 59.8 Å². The van der Waals surface area contributed by atoms with E-state index in [0.717, 1.165) is 23.3 Å². The Morgan fingerprint density at radius 2 is 2.00 bits per heavy atom. The lowest BCUT2D eigenvalue weighted by Gasteiger charge is -2.47. The number of nitrogens with zero attached hydrogens (tertiary/aromatic N) is 2. The number of anilines is 1. The molecule has 3 heterocycles. The van der Waals surface area contributed by atoms with Gasteiger partial charge in [-0.1, -0.05) is 30.3 Å². The predicted molar refractivity (Wildman–Crippen MR) is 115 cm³/mol. The smallest absolute Gasteiger partial charge is 0.327 e. The number of rotatable bonds is 4. The van der Waals surface area contributed by atoms with E-state index in [4.69, 9.17) is 5.73 Å². The SMILES string of the molecule is CNC(=O)C1C(Cc2cc[nH+]c(N)c2)C(=O)N1C(=O)N1CCCC(c2ccccc2)C1. The number of β-lactam (4-membered cyclic amide) rings is 1. The highest BCUT2D eigenvalue weighted by Crippen LogP contribution is 2.34. The van der Waals surface area contributed by atoms with Crippen LogP contribution in [0.2, 0.25) is 0 Å². The molecule has 1 aromatic heterocycles. The number of carbonyl (C=O) groups excluding carboxylic acids is 3. The molecule has 2 aliphatic heterocycles. The normalized spacial score (nSPS) is 23.3. The summed E-state index contributed by atoms with van der Waals surface area (Å²) in [7, 11) is 1.52. The van der Waals surface area contributed by atoms with Crippen LogP contribution >= 0.6 is 0 Å². The number of carbonyl (C=O) groups is 3. The van der Waals surface area contributed by atoms with Gasteiger partial charge in [-0.05, 0) is 36.5 Å². The first kappa shape index (κ1) is 20.8. The average molecular weight is 423 g/mol. The molecule has 0 bridgehead atoms.